The number of hydrogen-bond acceptors (Lipinski definition) is 7. The van der Waals surface area contributed by atoms with Crippen LogP contribution in [0.5, 0.6) is 5.75 Å². The van der Waals surface area contributed by atoms with Gasteiger partial charge in [-0.05, 0) is 55.8 Å². The van der Waals surface area contributed by atoms with Gasteiger partial charge in [0.1, 0.15) is 17.9 Å². The second-order valence-electron chi connectivity index (χ2n) is 8.49. The zero-order valence-corrected chi connectivity index (χ0v) is 22.6. The largest absolute Gasteiger partial charge is 0.495 e. The van der Waals surface area contributed by atoms with E-state index < -0.39 is 13.0 Å². The van der Waals surface area contributed by atoms with Crippen LogP contribution < -0.4 is 26.0 Å². The van der Waals surface area contributed by atoms with E-state index in [2.05, 4.69) is 37.8 Å². The smallest absolute Gasteiger partial charge is 0.300 e. The van der Waals surface area contributed by atoms with Gasteiger partial charge >= 0.3 is 5.91 Å². The van der Waals surface area contributed by atoms with E-state index in [1.54, 1.807) is 31.5 Å². The lowest BCUT2D eigenvalue weighted by Gasteiger charge is -2.16. The Kier molecular flexibility index (Phi) is 8.32. The molecule has 1 aromatic heterocycles. The van der Waals surface area contributed by atoms with Gasteiger partial charge in [0.15, 0.2) is 5.82 Å². The molecular weight excluding hydrogens is 521 g/mol. The zero-order chi connectivity index (χ0) is 27.1. The molecule has 0 bridgehead atoms. The highest BCUT2D eigenvalue weighted by molar-refractivity contribution is 7.70. The standard InChI is InChI=1S/C28H25ClN5O3P/c1-37-24-15-14-20(31-26(35)16-13-19-9-5-4-6-10-19)17-23(24)33-28-30-18-21(29)27(34-28)32-22-11-7-8-12-25(22)38(2,3)36/h4-12,14-15,17-18H,1-3H3,(H,31,35)(H2,30,32,33,34). The van der Waals surface area contributed by atoms with Crippen molar-refractivity contribution < 1.29 is 14.1 Å². The van der Waals surface area contributed by atoms with Crippen molar-refractivity contribution in [2.75, 3.05) is 36.4 Å². The van der Waals surface area contributed by atoms with E-state index in [9.17, 15) is 9.36 Å². The second-order valence-corrected chi connectivity index (χ2v) is 12.1. The predicted molar refractivity (Wildman–Crippen MR) is 154 cm³/mol. The summed E-state index contributed by atoms with van der Waals surface area (Å²) in [4.78, 5) is 21.1. The number of halogens is 1. The Morgan fingerprint density at radius 2 is 1.71 bits per heavy atom. The van der Waals surface area contributed by atoms with Gasteiger partial charge in [-0.2, -0.15) is 4.98 Å². The lowest BCUT2D eigenvalue weighted by molar-refractivity contribution is -0.111. The number of nitrogens with zero attached hydrogens (tertiary/aromatic N) is 2. The lowest BCUT2D eigenvalue weighted by atomic mass is 10.2. The SMILES string of the molecule is COc1ccc(NC(=O)C#Cc2ccccc2)cc1Nc1ncc(Cl)c(Nc2ccccc2P(C)(C)=O)n1. The highest BCUT2D eigenvalue weighted by Crippen LogP contribution is 2.39. The maximum absolute atomic E-state index is 12.7. The molecule has 3 aromatic carbocycles. The van der Waals surface area contributed by atoms with Gasteiger partial charge in [0.25, 0.3) is 0 Å². The monoisotopic (exact) mass is 545 g/mol. The van der Waals surface area contributed by atoms with Gasteiger partial charge in [-0.3, -0.25) is 4.79 Å². The van der Waals surface area contributed by atoms with Gasteiger partial charge in [-0.15, -0.1) is 0 Å². The fourth-order valence-corrected chi connectivity index (χ4v) is 4.80. The lowest BCUT2D eigenvalue weighted by Crippen LogP contribution is -2.11. The van der Waals surface area contributed by atoms with Crippen molar-refractivity contribution in [1.82, 2.24) is 9.97 Å². The Morgan fingerprint density at radius 1 is 0.974 bits per heavy atom. The van der Waals surface area contributed by atoms with E-state index in [4.69, 9.17) is 16.3 Å². The number of para-hydroxylation sites is 1. The minimum atomic E-state index is -2.55. The van der Waals surface area contributed by atoms with Gasteiger partial charge in [0.2, 0.25) is 5.95 Å². The molecule has 8 nitrogen and oxygen atoms in total. The minimum absolute atomic E-state index is 0.233. The van der Waals surface area contributed by atoms with E-state index in [1.165, 1.54) is 13.3 Å². The van der Waals surface area contributed by atoms with Crippen molar-refractivity contribution in [2.24, 2.45) is 0 Å². The molecule has 3 N–H and O–H groups in total. The first-order chi connectivity index (χ1) is 18.2. The van der Waals surface area contributed by atoms with Crippen LogP contribution in [0, 0.1) is 11.8 Å². The minimum Gasteiger partial charge on any atom is -0.495 e. The molecule has 1 heterocycles. The zero-order valence-electron chi connectivity index (χ0n) is 20.9. The molecule has 0 fully saturated rings. The average Bonchev–Trinajstić information content (AvgIpc) is 2.90. The summed E-state index contributed by atoms with van der Waals surface area (Å²) in [6.45, 7) is 3.40. The molecule has 0 aliphatic rings. The Hall–Kier alpha value is -4.31. The van der Waals surface area contributed by atoms with Crippen LogP contribution in [-0.4, -0.2) is 36.3 Å². The number of rotatable bonds is 7. The van der Waals surface area contributed by atoms with Crippen LogP contribution in [0.4, 0.5) is 28.8 Å². The van der Waals surface area contributed by atoms with Gasteiger partial charge in [-0.1, -0.05) is 47.9 Å². The molecule has 0 atom stereocenters. The van der Waals surface area contributed by atoms with Gasteiger partial charge in [0, 0.05) is 22.5 Å². The number of carbonyl (C=O) groups excluding carboxylic acids is 1. The first-order valence-electron chi connectivity index (χ1n) is 11.5. The molecule has 0 aliphatic heterocycles. The van der Waals surface area contributed by atoms with Crippen LogP contribution in [0.1, 0.15) is 5.56 Å². The summed E-state index contributed by atoms with van der Waals surface area (Å²) in [5, 5.41) is 10.0. The summed E-state index contributed by atoms with van der Waals surface area (Å²) < 4.78 is 18.2. The summed E-state index contributed by atoms with van der Waals surface area (Å²) in [5.74, 6) is 6.03. The Morgan fingerprint density at radius 3 is 2.45 bits per heavy atom. The molecule has 0 unspecified atom stereocenters. The quantitative estimate of drug-likeness (QED) is 0.197. The topological polar surface area (TPSA) is 105 Å². The summed E-state index contributed by atoms with van der Waals surface area (Å²) in [6, 6.07) is 21.6. The van der Waals surface area contributed by atoms with Gasteiger partial charge in [0.05, 0.1) is 24.7 Å². The number of ether oxygens (including phenoxy) is 1. The fourth-order valence-electron chi connectivity index (χ4n) is 3.51. The van der Waals surface area contributed by atoms with Crippen molar-refractivity contribution >= 4 is 58.8 Å². The third kappa shape index (κ3) is 6.92. The highest BCUT2D eigenvalue weighted by Gasteiger charge is 2.17. The van der Waals surface area contributed by atoms with Crippen LogP contribution in [-0.2, 0) is 9.36 Å². The van der Waals surface area contributed by atoms with Crippen LogP contribution in [0.3, 0.4) is 0 Å². The van der Waals surface area contributed by atoms with Crippen molar-refractivity contribution in [2.45, 2.75) is 0 Å². The number of anilines is 5. The van der Waals surface area contributed by atoms with E-state index in [0.29, 0.717) is 33.9 Å². The van der Waals surface area contributed by atoms with E-state index >= 15 is 0 Å². The number of aromatic nitrogens is 2. The van der Waals surface area contributed by atoms with E-state index in [0.717, 1.165) is 5.56 Å². The Balaban J connectivity index is 1.55. The summed E-state index contributed by atoms with van der Waals surface area (Å²) in [7, 11) is -1.02. The van der Waals surface area contributed by atoms with E-state index in [1.807, 2.05) is 54.6 Å². The molecule has 0 saturated heterocycles. The third-order valence-corrected chi connectivity index (χ3v) is 7.11. The first kappa shape index (κ1) is 26.7. The molecule has 0 spiro atoms. The molecule has 4 rings (SSSR count). The number of amides is 1. The number of carbonyl (C=O) groups is 1. The molecule has 10 heteroatoms. The van der Waals surface area contributed by atoms with Crippen molar-refractivity contribution in [3.63, 3.8) is 0 Å². The van der Waals surface area contributed by atoms with Crippen molar-refractivity contribution in [3.8, 4) is 17.6 Å². The number of benzene rings is 3. The maximum Gasteiger partial charge on any atom is 0.300 e. The van der Waals surface area contributed by atoms with Crippen LogP contribution in [0.15, 0.2) is 79.0 Å². The molecule has 0 aliphatic carbocycles. The van der Waals surface area contributed by atoms with E-state index in [-0.39, 0.29) is 11.0 Å². The Labute approximate surface area is 226 Å². The first-order valence-corrected chi connectivity index (χ1v) is 14.5. The second kappa shape index (κ2) is 11.8. The Bertz CT molecular complexity index is 1580. The predicted octanol–water partition coefficient (Wildman–Crippen LogP) is 5.86. The highest BCUT2D eigenvalue weighted by atomic mass is 35.5. The van der Waals surface area contributed by atoms with Crippen LogP contribution >= 0.6 is 18.7 Å². The average molecular weight is 546 g/mol. The van der Waals surface area contributed by atoms with Crippen molar-refractivity contribution in [3.05, 3.63) is 89.6 Å². The normalized spacial score (nSPS) is 10.6. The molecule has 0 radical (unpaired) electrons. The third-order valence-electron chi connectivity index (χ3n) is 5.28. The molecule has 38 heavy (non-hydrogen) atoms. The van der Waals surface area contributed by atoms with Crippen LogP contribution in [0.2, 0.25) is 5.02 Å². The number of nitrogens with one attached hydrogen (secondary N) is 3. The summed E-state index contributed by atoms with van der Waals surface area (Å²) in [5.41, 5.74) is 2.41. The molecule has 192 valence electrons. The number of hydrogen-bond donors (Lipinski definition) is 3. The molecule has 0 saturated carbocycles. The summed E-state index contributed by atoms with van der Waals surface area (Å²) >= 11 is 6.36. The summed E-state index contributed by atoms with van der Waals surface area (Å²) in [6.07, 6.45) is 1.45. The fraction of sp³-hybridized carbons (Fsp3) is 0.107. The van der Waals surface area contributed by atoms with Crippen molar-refractivity contribution in [1.29, 1.82) is 0 Å². The number of methoxy groups -OCH3 is 1. The molecular formula is C28H25ClN5O3P. The molecule has 4 aromatic rings. The maximum atomic E-state index is 12.7. The van der Waals surface area contributed by atoms with Gasteiger partial charge in [-0.25, -0.2) is 4.98 Å². The van der Waals surface area contributed by atoms with Crippen LogP contribution in [0.25, 0.3) is 0 Å². The van der Waals surface area contributed by atoms with Gasteiger partial charge < -0.3 is 25.3 Å². The molecule has 1 amide bonds.